The fourth-order valence-corrected chi connectivity index (χ4v) is 4.32. The molecule has 0 saturated carbocycles. The smallest absolute Gasteiger partial charge is 0.227 e. The summed E-state index contributed by atoms with van der Waals surface area (Å²) in [6, 6.07) is 25.0. The molecule has 1 aromatic heterocycles. The van der Waals surface area contributed by atoms with E-state index >= 15 is 0 Å². The summed E-state index contributed by atoms with van der Waals surface area (Å²) in [4.78, 5) is 22.7. The lowest BCUT2D eigenvalue weighted by Crippen LogP contribution is -2.41. The van der Waals surface area contributed by atoms with Crippen molar-refractivity contribution in [3.05, 3.63) is 79.0 Å². The van der Waals surface area contributed by atoms with Gasteiger partial charge in [0.15, 0.2) is 0 Å². The molecule has 0 aliphatic carbocycles. The lowest BCUT2D eigenvalue weighted by atomic mass is 10.0. The normalized spacial score (nSPS) is 14.3. The van der Waals surface area contributed by atoms with E-state index in [1.807, 2.05) is 53.6 Å². The van der Waals surface area contributed by atoms with Crippen LogP contribution in [0.25, 0.3) is 22.0 Å². The number of hydrogen-bond donors (Lipinski definition) is 2. The Balaban J connectivity index is 1.29. The van der Waals surface area contributed by atoms with Crippen LogP contribution < -0.4 is 10.6 Å². The minimum absolute atomic E-state index is 0.163. The second-order valence-corrected chi connectivity index (χ2v) is 8.43. The van der Waals surface area contributed by atoms with Crippen molar-refractivity contribution in [2.45, 2.75) is 25.8 Å². The summed E-state index contributed by atoms with van der Waals surface area (Å²) in [6.07, 6.45) is 3.79. The van der Waals surface area contributed by atoms with E-state index in [9.17, 15) is 4.79 Å². The number of anilines is 3. The van der Waals surface area contributed by atoms with E-state index in [0.717, 1.165) is 59.3 Å². The minimum atomic E-state index is 0.163. The highest BCUT2D eigenvalue weighted by Crippen LogP contribution is 2.28. The first-order valence-corrected chi connectivity index (χ1v) is 11.4. The number of aromatic nitrogens is 2. The van der Waals surface area contributed by atoms with Crippen LogP contribution in [0.4, 0.5) is 17.3 Å². The Labute approximate surface area is 193 Å². The number of likely N-dealkylation sites (tertiary alicyclic amines) is 1. The predicted molar refractivity (Wildman–Crippen MR) is 134 cm³/mol. The molecule has 5 rings (SSSR count). The maximum absolute atomic E-state index is 11.5. The van der Waals surface area contributed by atoms with E-state index in [2.05, 4.69) is 45.9 Å². The number of piperidine rings is 1. The van der Waals surface area contributed by atoms with Gasteiger partial charge in [0.05, 0.1) is 5.52 Å². The topological polar surface area (TPSA) is 70.2 Å². The van der Waals surface area contributed by atoms with Gasteiger partial charge >= 0.3 is 0 Å². The van der Waals surface area contributed by atoms with Gasteiger partial charge in [0, 0.05) is 54.6 Å². The molecule has 1 aliphatic heterocycles. The second kappa shape index (κ2) is 9.28. The first kappa shape index (κ1) is 20.9. The Morgan fingerprint density at radius 1 is 0.909 bits per heavy atom. The molecule has 2 heterocycles. The molecule has 1 fully saturated rings. The molecule has 0 bridgehead atoms. The number of nitrogens with zero attached hydrogens (tertiary/aromatic N) is 3. The molecule has 1 aliphatic rings. The van der Waals surface area contributed by atoms with Crippen LogP contribution in [0.5, 0.6) is 0 Å². The maximum atomic E-state index is 11.5. The molecule has 6 nitrogen and oxygen atoms in total. The van der Waals surface area contributed by atoms with Gasteiger partial charge in [0.25, 0.3) is 0 Å². The molecular weight excluding hydrogens is 410 g/mol. The number of hydrogen-bond acceptors (Lipinski definition) is 5. The fraction of sp³-hybridized carbons (Fsp3) is 0.222. The third-order valence-corrected chi connectivity index (χ3v) is 6.15. The highest BCUT2D eigenvalue weighted by Gasteiger charge is 2.20. The fourth-order valence-electron chi connectivity index (χ4n) is 4.32. The molecule has 166 valence electrons. The monoisotopic (exact) mass is 437 g/mol. The van der Waals surface area contributed by atoms with E-state index in [1.54, 1.807) is 6.92 Å². The zero-order valence-corrected chi connectivity index (χ0v) is 18.7. The number of para-hydroxylation sites is 1. The first-order valence-electron chi connectivity index (χ1n) is 11.4. The van der Waals surface area contributed by atoms with Gasteiger partial charge in [-0.05, 0) is 42.7 Å². The maximum Gasteiger partial charge on any atom is 0.227 e. The van der Waals surface area contributed by atoms with Crippen molar-refractivity contribution >= 4 is 34.1 Å². The molecule has 0 spiro atoms. The molecule has 0 unspecified atom stereocenters. The molecule has 1 saturated heterocycles. The molecule has 6 heteroatoms. The highest BCUT2D eigenvalue weighted by molar-refractivity contribution is 5.93. The van der Waals surface area contributed by atoms with Gasteiger partial charge in [-0.3, -0.25) is 4.79 Å². The van der Waals surface area contributed by atoms with E-state index in [0.29, 0.717) is 12.0 Å². The van der Waals surface area contributed by atoms with E-state index < -0.39 is 0 Å². The number of benzene rings is 3. The summed E-state index contributed by atoms with van der Waals surface area (Å²) in [5, 5.41) is 7.93. The Morgan fingerprint density at radius 2 is 1.64 bits per heavy atom. The molecule has 4 aromatic rings. The van der Waals surface area contributed by atoms with Crippen molar-refractivity contribution in [3.8, 4) is 11.1 Å². The van der Waals surface area contributed by atoms with E-state index in [-0.39, 0.29) is 5.91 Å². The largest absolute Gasteiger partial charge is 0.382 e. The molecule has 1 amide bonds. The number of rotatable bonds is 5. The van der Waals surface area contributed by atoms with Gasteiger partial charge in [0.1, 0.15) is 0 Å². The van der Waals surface area contributed by atoms with Crippen LogP contribution in [0, 0.1) is 0 Å². The third-order valence-electron chi connectivity index (χ3n) is 6.15. The standard InChI is InChI=1S/C27H27N5O/c1-19(33)32-16-14-24(15-17-32)29-22-10-12-23(13-11-22)30-27-28-18-21-8-5-9-25(26(21)31-27)20-6-3-2-4-7-20/h2-13,18,24,29H,14-17H2,1H3,(H,28,30,31). The lowest BCUT2D eigenvalue weighted by molar-refractivity contribution is -0.129. The predicted octanol–water partition coefficient (Wildman–Crippen LogP) is 5.46. The average molecular weight is 438 g/mol. The van der Waals surface area contributed by atoms with Crippen molar-refractivity contribution in [2.24, 2.45) is 0 Å². The number of amides is 1. The third kappa shape index (κ3) is 4.80. The van der Waals surface area contributed by atoms with Gasteiger partial charge in [-0.15, -0.1) is 0 Å². The van der Waals surface area contributed by atoms with Crippen LogP contribution in [0.3, 0.4) is 0 Å². The van der Waals surface area contributed by atoms with Crippen LogP contribution in [0.1, 0.15) is 19.8 Å². The quantitative estimate of drug-likeness (QED) is 0.434. The summed E-state index contributed by atoms with van der Waals surface area (Å²) >= 11 is 0. The van der Waals surface area contributed by atoms with Gasteiger partial charge < -0.3 is 15.5 Å². The van der Waals surface area contributed by atoms with Crippen LogP contribution in [-0.2, 0) is 4.79 Å². The molecular formula is C27H27N5O. The van der Waals surface area contributed by atoms with Crippen LogP contribution in [-0.4, -0.2) is 39.9 Å². The van der Waals surface area contributed by atoms with E-state index in [1.165, 1.54) is 0 Å². The Kier molecular flexibility index (Phi) is 5.89. The Bertz CT molecular complexity index is 1250. The van der Waals surface area contributed by atoms with Gasteiger partial charge in [-0.1, -0.05) is 48.5 Å². The summed E-state index contributed by atoms with van der Waals surface area (Å²) < 4.78 is 0. The van der Waals surface area contributed by atoms with Gasteiger partial charge in [-0.2, -0.15) is 0 Å². The van der Waals surface area contributed by atoms with Crippen LogP contribution in [0.15, 0.2) is 79.0 Å². The zero-order chi connectivity index (χ0) is 22.6. The van der Waals surface area contributed by atoms with E-state index in [4.69, 9.17) is 4.98 Å². The molecule has 3 aromatic carbocycles. The summed E-state index contributed by atoms with van der Waals surface area (Å²) in [5.41, 5.74) is 5.17. The molecule has 33 heavy (non-hydrogen) atoms. The first-order chi connectivity index (χ1) is 16.2. The molecule has 0 radical (unpaired) electrons. The molecule has 0 atom stereocenters. The van der Waals surface area contributed by atoms with Crippen molar-refractivity contribution in [3.63, 3.8) is 0 Å². The summed E-state index contributed by atoms with van der Waals surface area (Å²) in [6.45, 7) is 3.27. The SMILES string of the molecule is CC(=O)N1CCC(Nc2ccc(Nc3ncc4cccc(-c5ccccc5)c4n3)cc2)CC1. The summed E-state index contributed by atoms with van der Waals surface area (Å²) in [7, 11) is 0. The van der Waals surface area contributed by atoms with Crippen molar-refractivity contribution in [1.82, 2.24) is 14.9 Å². The average Bonchev–Trinajstić information content (AvgIpc) is 2.86. The second-order valence-electron chi connectivity index (χ2n) is 8.43. The van der Waals surface area contributed by atoms with Crippen LogP contribution >= 0.6 is 0 Å². The number of carbonyl (C=O) groups is 1. The van der Waals surface area contributed by atoms with Crippen molar-refractivity contribution < 1.29 is 4.79 Å². The molecule has 2 N–H and O–H groups in total. The highest BCUT2D eigenvalue weighted by atomic mass is 16.2. The lowest BCUT2D eigenvalue weighted by Gasteiger charge is -2.32. The van der Waals surface area contributed by atoms with Crippen LogP contribution in [0.2, 0.25) is 0 Å². The number of fused-ring (bicyclic) bond motifs is 1. The van der Waals surface area contributed by atoms with Gasteiger partial charge in [0.2, 0.25) is 11.9 Å². The van der Waals surface area contributed by atoms with Gasteiger partial charge in [-0.25, -0.2) is 9.97 Å². The van der Waals surface area contributed by atoms with Crippen molar-refractivity contribution in [1.29, 1.82) is 0 Å². The Morgan fingerprint density at radius 3 is 2.36 bits per heavy atom. The minimum Gasteiger partial charge on any atom is -0.382 e. The summed E-state index contributed by atoms with van der Waals surface area (Å²) in [5.74, 6) is 0.735. The Hall–Kier alpha value is -3.93. The zero-order valence-electron chi connectivity index (χ0n) is 18.7. The number of carbonyl (C=O) groups excluding carboxylic acids is 1. The van der Waals surface area contributed by atoms with Crippen molar-refractivity contribution in [2.75, 3.05) is 23.7 Å². The number of nitrogens with one attached hydrogen (secondary N) is 2.